The molecule has 0 bridgehead atoms. The molecule has 0 aromatic carbocycles. The highest BCUT2D eigenvalue weighted by atomic mass is 16.5. The lowest BCUT2D eigenvalue weighted by Crippen LogP contribution is -2.41. The summed E-state index contributed by atoms with van der Waals surface area (Å²) in [5, 5.41) is 11.4. The Morgan fingerprint density at radius 3 is 3.00 bits per heavy atom. The van der Waals surface area contributed by atoms with Crippen LogP contribution >= 0.6 is 0 Å². The molecule has 0 aromatic rings. The van der Waals surface area contributed by atoms with Crippen molar-refractivity contribution in [1.29, 1.82) is 0 Å². The third kappa shape index (κ3) is 2.85. The largest absolute Gasteiger partial charge is 0.409 e. The molecule has 0 aliphatic carbocycles. The molecule has 2 atom stereocenters. The zero-order valence-electron chi connectivity index (χ0n) is 8.81. The van der Waals surface area contributed by atoms with Gasteiger partial charge in [-0.05, 0) is 20.4 Å². The van der Waals surface area contributed by atoms with Crippen molar-refractivity contribution < 1.29 is 9.94 Å². The molecule has 3 N–H and O–H groups in total. The van der Waals surface area contributed by atoms with E-state index in [-0.39, 0.29) is 11.9 Å². The third-order valence-corrected chi connectivity index (χ3v) is 2.81. The predicted octanol–water partition coefficient (Wildman–Crippen LogP) is 0.232. The van der Waals surface area contributed by atoms with Crippen LogP contribution in [0.3, 0.4) is 0 Å². The number of hydrogen-bond donors (Lipinski definition) is 2. The first kappa shape index (κ1) is 11.3. The standard InChI is InChI=1S/C9H19N3O2/c1-7(5-9(10)11-13)12(2)8-3-4-14-6-8/h7-8,13H,3-6H2,1-2H3,(H2,10,11). The molecule has 1 fully saturated rings. The molecule has 5 heteroatoms. The Morgan fingerprint density at radius 1 is 1.79 bits per heavy atom. The highest BCUT2D eigenvalue weighted by Gasteiger charge is 2.24. The lowest BCUT2D eigenvalue weighted by atomic mass is 10.1. The number of hydrogen-bond acceptors (Lipinski definition) is 4. The van der Waals surface area contributed by atoms with Gasteiger partial charge >= 0.3 is 0 Å². The lowest BCUT2D eigenvalue weighted by molar-refractivity contribution is 0.139. The fourth-order valence-corrected chi connectivity index (χ4v) is 1.69. The van der Waals surface area contributed by atoms with E-state index in [4.69, 9.17) is 15.7 Å². The summed E-state index contributed by atoms with van der Waals surface area (Å²) in [5.74, 6) is 0.281. The van der Waals surface area contributed by atoms with Gasteiger partial charge in [0.25, 0.3) is 0 Å². The van der Waals surface area contributed by atoms with E-state index in [0.29, 0.717) is 12.5 Å². The molecule has 1 rings (SSSR count). The maximum atomic E-state index is 8.45. The first-order chi connectivity index (χ1) is 6.65. The minimum absolute atomic E-state index is 0.276. The van der Waals surface area contributed by atoms with Gasteiger partial charge in [0.05, 0.1) is 6.61 Å². The highest BCUT2D eigenvalue weighted by molar-refractivity contribution is 5.80. The molecule has 1 aliphatic heterocycles. The van der Waals surface area contributed by atoms with Crippen LogP contribution in [0.1, 0.15) is 19.8 Å². The minimum atomic E-state index is 0.276. The number of amidine groups is 1. The van der Waals surface area contributed by atoms with Crippen LogP contribution in [0.25, 0.3) is 0 Å². The summed E-state index contributed by atoms with van der Waals surface area (Å²) < 4.78 is 5.31. The van der Waals surface area contributed by atoms with Crippen LogP contribution in [-0.4, -0.2) is 48.3 Å². The summed E-state index contributed by atoms with van der Waals surface area (Å²) in [6, 6.07) is 0.745. The Balaban J connectivity index is 2.38. The van der Waals surface area contributed by atoms with Crippen molar-refractivity contribution >= 4 is 5.84 Å². The van der Waals surface area contributed by atoms with Gasteiger partial charge in [-0.3, -0.25) is 4.90 Å². The van der Waals surface area contributed by atoms with E-state index in [1.165, 1.54) is 0 Å². The molecule has 1 saturated heterocycles. The molecule has 14 heavy (non-hydrogen) atoms. The van der Waals surface area contributed by atoms with Crippen molar-refractivity contribution in [1.82, 2.24) is 4.90 Å². The first-order valence-corrected chi connectivity index (χ1v) is 4.91. The smallest absolute Gasteiger partial charge is 0.140 e. The molecule has 0 spiro atoms. The van der Waals surface area contributed by atoms with Crippen LogP contribution in [0.2, 0.25) is 0 Å². The fourth-order valence-electron chi connectivity index (χ4n) is 1.69. The Morgan fingerprint density at radius 2 is 2.50 bits per heavy atom. The van der Waals surface area contributed by atoms with Crippen LogP contribution in [0.4, 0.5) is 0 Å². The van der Waals surface area contributed by atoms with E-state index in [0.717, 1.165) is 19.6 Å². The zero-order valence-corrected chi connectivity index (χ0v) is 8.81. The molecular weight excluding hydrogens is 182 g/mol. The monoisotopic (exact) mass is 201 g/mol. The van der Waals surface area contributed by atoms with Gasteiger partial charge in [0.2, 0.25) is 0 Å². The van der Waals surface area contributed by atoms with Crippen molar-refractivity contribution in [2.45, 2.75) is 31.8 Å². The number of nitrogens with two attached hydrogens (primary N) is 1. The Labute approximate surface area is 84.5 Å². The van der Waals surface area contributed by atoms with E-state index in [2.05, 4.69) is 24.0 Å². The molecular formula is C9H19N3O2. The first-order valence-electron chi connectivity index (χ1n) is 4.91. The van der Waals surface area contributed by atoms with Crippen molar-refractivity contribution in [3.05, 3.63) is 0 Å². The second-order valence-corrected chi connectivity index (χ2v) is 3.83. The van der Waals surface area contributed by atoms with Crippen LogP contribution in [0.15, 0.2) is 5.16 Å². The molecule has 0 saturated carbocycles. The third-order valence-electron chi connectivity index (χ3n) is 2.81. The van der Waals surface area contributed by atoms with Gasteiger partial charge in [-0.2, -0.15) is 0 Å². The van der Waals surface area contributed by atoms with Crippen LogP contribution in [0.5, 0.6) is 0 Å². The number of oxime groups is 1. The summed E-state index contributed by atoms with van der Waals surface area (Å²) in [6.45, 7) is 3.69. The topological polar surface area (TPSA) is 71.1 Å². The van der Waals surface area contributed by atoms with Gasteiger partial charge in [-0.1, -0.05) is 5.16 Å². The van der Waals surface area contributed by atoms with E-state index in [1.807, 2.05) is 0 Å². The molecule has 5 nitrogen and oxygen atoms in total. The zero-order chi connectivity index (χ0) is 10.6. The summed E-state index contributed by atoms with van der Waals surface area (Å²) in [7, 11) is 2.05. The predicted molar refractivity (Wildman–Crippen MR) is 54.5 cm³/mol. The molecule has 1 aliphatic rings. The number of rotatable bonds is 4. The van der Waals surface area contributed by atoms with Crippen molar-refractivity contribution in [3.8, 4) is 0 Å². The Kier molecular flexibility index (Phi) is 4.16. The lowest BCUT2D eigenvalue weighted by Gasteiger charge is -2.29. The van der Waals surface area contributed by atoms with Gasteiger partial charge in [0.1, 0.15) is 5.84 Å². The number of likely N-dealkylation sites (N-methyl/N-ethyl adjacent to an activating group) is 1. The van der Waals surface area contributed by atoms with E-state index >= 15 is 0 Å². The van der Waals surface area contributed by atoms with Gasteiger partial charge < -0.3 is 15.7 Å². The van der Waals surface area contributed by atoms with E-state index in [1.54, 1.807) is 0 Å². The minimum Gasteiger partial charge on any atom is -0.409 e. The highest BCUT2D eigenvalue weighted by Crippen LogP contribution is 2.14. The average Bonchev–Trinajstić information content (AvgIpc) is 2.69. The summed E-state index contributed by atoms with van der Waals surface area (Å²) in [4.78, 5) is 2.23. The van der Waals surface area contributed by atoms with Gasteiger partial charge in [0, 0.05) is 25.1 Å². The second kappa shape index (κ2) is 5.17. The molecule has 0 amide bonds. The van der Waals surface area contributed by atoms with Crippen molar-refractivity contribution in [2.24, 2.45) is 10.9 Å². The maximum absolute atomic E-state index is 8.45. The van der Waals surface area contributed by atoms with Crippen molar-refractivity contribution in [3.63, 3.8) is 0 Å². The Bertz CT molecular complexity index is 202. The molecule has 0 radical (unpaired) electrons. The van der Waals surface area contributed by atoms with Crippen LogP contribution in [0, 0.1) is 0 Å². The summed E-state index contributed by atoms with van der Waals surface area (Å²) in [5.41, 5.74) is 5.45. The van der Waals surface area contributed by atoms with E-state index in [9.17, 15) is 0 Å². The SMILES string of the molecule is CC(CC(N)=NO)N(C)C1CCOC1. The number of nitrogens with zero attached hydrogens (tertiary/aromatic N) is 2. The van der Waals surface area contributed by atoms with E-state index < -0.39 is 0 Å². The Hall–Kier alpha value is -0.810. The van der Waals surface area contributed by atoms with Gasteiger partial charge in [-0.25, -0.2) is 0 Å². The van der Waals surface area contributed by atoms with Gasteiger partial charge in [0.15, 0.2) is 0 Å². The van der Waals surface area contributed by atoms with Crippen LogP contribution in [-0.2, 0) is 4.74 Å². The molecule has 0 aromatic heterocycles. The average molecular weight is 201 g/mol. The quantitative estimate of drug-likeness (QED) is 0.296. The molecule has 1 heterocycles. The van der Waals surface area contributed by atoms with Gasteiger partial charge in [-0.15, -0.1) is 0 Å². The maximum Gasteiger partial charge on any atom is 0.140 e. The normalized spacial score (nSPS) is 25.6. The summed E-state index contributed by atoms with van der Waals surface area (Å²) >= 11 is 0. The fraction of sp³-hybridized carbons (Fsp3) is 0.889. The summed E-state index contributed by atoms with van der Waals surface area (Å²) in [6.07, 6.45) is 1.65. The molecule has 82 valence electrons. The second-order valence-electron chi connectivity index (χ2n) is 3.83. The van der Waals surface area contributed by atoms with Crippen molar-refractivity contribution in [2.75, 3.05) is 20.3 Å². The molecule has 2 unspecified atom stereocenters. The van der Waals surface area contributed by atoms with Crippen LogP contribution < -0.4 is 5.73 Å². The number of ether oxygens (including phenoxy) is 1.